The topological polar surface area (TPSA) is 52.9 Å². The maximum atomic E-state index is 10.8. The first kappa shape index (κ1) is 15.6. The van der Waals surface area contributed by atoms with Gasteiger partial charge in [0.05, 0.1) is 12.6 Å². The molecule has 2 N–H and O–H groups in total. The van der Waals surface area contributed by atoms with E-state index in [1.165, 1.54) is 12.8 Å². The lowest BCUT2D eigenvalue weighted by Crippen LogP contribution is -2.44. The molecule has 0 aliphatic carbocycles. The van der Waals surface area contributed by atoms with Gasteiger partial charge in [0.25, 0.3) is 0 Å². The van der Waals surface area contributed by atoms with E-state index in [0.29, 0.717) is 6.61 Å². The number of fused-ring (bicyclic) bond motifs is 1. The molecule has 0 amide bonds. The Labute approximate surface area is 142 Å². The molecule has 0 bridgehead atoms. The number of hydrogen-bond donors (Lipinski definition) is 2. The van der Waals surface area contributed by atoms with Crippen LogP contribution in [0.4, 0.5) is 0 Å². The van der Waals surface area contributed by atoms with Crippen molar-refractivity contribution in [2.24, 2.45) is 0 Å². The van der Waals surface area contributed by atoms with Crippen molar-refractivity contribution in [3.8, 4) is 16.9 Å². The van der Waals surface area contributed by atoms with Gasteiger partial charge in [0.1, 0.15) is 18.5 Å². The summed E-state index contributed by atoms with van der Waals surface area (Å²) >= 11 is 0. The van der Waals surface area contributed by atoms with Gasteiger partial charge in [-0.25, -0.2) is 0 Å². The van der Waals surface area contributed by atoms with Crippen molar-refractivity contribution in [2.45, 2.75) is 31.6 Å². The molecule has 2 atom stereocenters. The van der Waals surface area contributed by atoms with Crippen molar-refractivity contribution >= 4 is 0 Å². The van der Waals surface area contributed by atoms with E-state index in [0.717, 1.165) is 41.1 Å². The lowest BCUT2D eigenvalue weighted by atomic mass is 9.93. The first-order valence-electron chi connectivity index (χ1n) is 8.66. The van der Waals surface area contributed by atoms with Crippen LogP contribution in [0.5, 0.6) is 5.75 Å². The Morgan fingerprint density at radius 3 is 2.67 bits per heavy atom. The fourth-order valence-electron chi connectivity index (χ4n) is 3.86. The summed E-state index contributed by atoms with van der Waals surface area (Å²) in [5.74, 6) is 0.753. The fraction of sp³-hybridized carbons (Fsp3) is 0.400. The van der Waals surface area contributed by atoms with Gasteiger partial charge in [-0.3, -0.25) is 4.90 Å². The third-order valence-electron chi connectivity index (χ3n) is 5.21. The molecule has 0 saturated carbocycles. The number of ether oxygens (including phenoxy) is 1. The molecule has 24 heavy (non-hydrogen) atoms. The summed E-state index contributed by atoms with van der Waals surface area (Å²) in [6.07, 6.45) is 1.90. The number of benzene rings is 2. The van der Waals surface area contributed by atoms with Crippen LogP contribution in [0.15, 0.2) is 42.5 Å². The normalized spacial score (nSPS) is 23.8. The summed E-state index contributed by atoms with van der Waals surface area (Å²) < 4.78 is 5.99. The SMILES string of the molecule is OCc1ccccc1-c1ccc2c(c1)OC[C@@H](N1CCCC1)[C@@H]2O. The first-order valence-corrected chi connectivity index (χ1v) is 8.66. The van der Waals surface area contributed by atoms with Gasteiger partial charge in [-0.2, -0.15) is 0 Å². The summed E-state index contributed by atoms with van der Waals surface area (Å²) in [5.41, 5.74) is 3.76. The molecule has 1 saturated heterocycles. The van der Waals surface area contributed by atoms with Crippen LogP contribution in [-0.4, -0.2) is 40.9 Å². The van der Waals surface area contributed by atoms with Crippen LogP contribution >= 0.6 is 0 Å². The minimum Gasteiger partial charge on any atom is -0.491 e. The van der Waals surface area contributed by atoms with Crippen LogP contribution in [0.3, 0.4) is 0 Å². The average molecular weight is 325 g/mol. The molecule has 0 unspecified atom stereocenters. The Morgan fingerprint density at radius 1 is 1.08 bits per heavy atom. The van der Waals surface area contributed by atoms with Crippen LogP contribution in [0.25, 0.3) is 11.1 Å². The highest BCUT2D eigenvalue weighted by Crippen LogP contribution is 2.38. The van der Waals surface area contributed by atoms with Gasteiger partial charge in [0, 0.05) is 5.56 Å². The van der Waals surface area contributed by atoms with E-state index >= 15 is 0 Å². The first-order chi connectivity index (χ1) is 11.8. The number of likely N-dealkylation sites (tertiary alicyclic amines) is 1. The van der Waals surface area contributed by atoms with Gasteiger partial charge in [0.15, 0.2) is 0 Å². The average Bonchev–Trinajstić information content (AvgIpc) is 3.16. The van der Waals surface area contributed by atoms with Crippen molar-refractivity contribution in [3.05, 3.63) is 53.6 Å². The second kappa shape index (κ2) is 6.55. The van der Waals surface area contributed by atoms with Crippen molar-refractivity contribution in [1.82, 2.24) is 4.90 Å². The third kappa shape index (κ3) is 2.71. The number of hydrogen-bond acceptors (Lipinski definition) is 4. The van der Waals surface area contributed by atoms with Gasteiger partial charge < -0.3 is 14.9 Å². The summed E-state index contributed by atoms with van der Waals surface area (Å²) in [6, 6.07) is 13.8. The second-order valence-electron chi connectivity index (χ2n) is 6.63. The largest absolute Gasteiger partial charge is 0.491 e. The third-order valence-corrected chi connectivity index (χ3v) is 5.21. The van der Waals surface area contributed by atoms with E-state index in [2.05, 4.69) is 4.90 Å². The van der Waals surface area contributed by atoms with Crippen LogP contribution < -0.4 is 4.74 Å². The molecule has 0 spiro atoms. The Kier molecular flexibility index (Phi) is 4.27. The van der Waals surface area contributed by atoms with Gasteiger partial charge in [-0.15, -0.1) is 0 Å². The predicted octanol–water partition coefficient (Wildman–Crippen LogP) is 2.74. The number of rotatable bonds is 3. The van der Waals surface area contributed by atoms with E-state index in [1.807, 2.05) is 42.5 Å². The molecule has 4 rings (SSSR count). The molecule has 2 aliphatic heterocycles. The maximum Gasteiger partial charge on any atom is 0.125 e. The van der Waals surface area contributed by atoms with Crippen LogP contribution in [0, 0.1) is 0 Å². The van der Waals surface area contributed by atoms with Crippen molar-refractivity contribution in [3.63, 3.8) is 0 Å². The minimum absolute atomic E-state index is 0.00771. The van der Waals surface area contributed by atoms with E-state index in [4.69, 9.17) is 4.74 Å². The molecule has 2 heterocycles. The molecule has 126 valence electrons. The second-order valence-corrected chi connectivity index (χ2v) is 6.63. The summed E-state index contributed by atoms with van der Waals surface area (Å²) in [5, 5.41) is 20.3. The van der Waals surface area contributed by atoms with Crippen molar-refractivity contribution in [1.29, 1.82) is 0 Å². The van der Waals surface area contributed by atoms with Gasteiger partial charge in [0.2, 0.25) is 0 Å². The molecular formula is C20H23NO3. The molecule has 2 aromatic carbocycles. The molecule has 2 aromatic rings. The molecule has 1 fully saturated rings. The fourth-order valence-corrected chi connectivity index (χ4v) is 3.86. The highest BCUT2D eigenvalue weighted by Gasteiger charge is 2.34. The van der Waals surface area contributed by atoms with E-state index in [-0.39, 0.29) is 12.6 Å². The molecule has 0 aromatic heterocycles. The zero-order valence-electron chi connectivity index (χ0n) is 13.7. The predicted molar refractivity (Wildman–Crippen MR) is 92.9 cm³/mol. The summed E-state index contributed by atoms with van der Waals surface area (Å²) in [7, 11) is 0. The Bertz CT molecular complexity index is 725. The van der Waals surface area contributed by atoms with Crippen LogP contribution in [-0.2, 0) is 6.61 Å². The summed E-state index contributed by atoms with van der Waals surface area (Å²) in [6.45, 7) is 2.62. The lowest BCUT2D eigenvalue weighted by molar-refractivity contribution is 0.0140. The smallest absolute Gasteiger partial charge is 0.125 e. The number of nitrogens with zero attached hydrogens (tertiary/aromatic N) is 1. The highest BCUT2D eigenvalue weighted by molar-refractivity contribution is 5.69. The van der Waals surface area contributed by atoms with Crippen LogP contribution in [0.1, 0.15) is 30.1 Å². The monoisotopic (exact) mass is 325 g/mol. The molecule has 2 aliphatic rings. The van der Waals surface area contributed by atoms with Crippen LogP contribution in [0.2, 0.25) is 0 Å². The lowest BCUT2D eigenvalue weighted by Gasteiger charge is -2.36. The minimum atomic E-state index is -0.506. The molecule has 4 heteroatoms. The van der Waals surface area contributed by atoms with E-state index < -0.39 is 6.10 Å². The quantitative estimate of drug-likeness (QED) is 0.911. The van der Waals surface area contributed by atoms with Crippen molar-refractivity contribution < 1.29 is 14.9 Å². The van der Waals surface area contributed by atoms with E-state index in [9.17, 15) is 10.2 Å². The molecular weight excluding hydrogens is 302 g/mol. The molecule has 0 radical (unpaired) electrons. The van der Waals surface area contributed by atoms with Crippen molar-refractivity contribution in [2.75, 3.05) is 19.7 Å². The van der Waals surface area contributed by atoms with Gasteiger partial charge in [-0.05, 0) is 48.7 Å². The highest BCUT2D eigenvalue weighted by atomic mass is 16.5. The molecule has 4 nitrogen and oxygen atoms in total. The Hall–Kier alpha value is -1.88. The van der Waals surface area contributed by atoms with Gasteiger partial charge in [-0.1, -0.05) is 36.4 Å². The maximum absolute atomic E-state index is 10.8. The number of aliphatic hydroxyl groups is 2. The Balaban J connectivity index is 1.65. The number of aliphatic hydroxyl groups excluding tert-OH is 2. The van der Waals surface area contributed by atoms with E-state index in [1.54, 1.807) is 0 Å². The zero-order chi connectivity index (χ0) is 16.5. The van der Waals surface area contributed by atoms with Gasteiger partial charge >= 0.3 is 0 Å². The standard InChI is InChI=1S/C20H23NO3/c22-12-15-5-1-2-6-16(15)14-7-8-17-19(11-14)24-13-18(20(17)23)21-9-3-4-10-21/h1-2,5-8,11,18,20,22-23H,3-4,9-10,12-13H2/t18-,20-/m1/s1. The summed E-state index contributed by atoms with van der Waals surface area (Å²) in [4.78, 5) is 2.34. The Morgan fingerprint density at radius 2 is 1.88 bits per heavy atom. The zero-order valence-corrected chi connectivity index (χ0v) is 13.7.